The van der Waals surface area contributed by atoms with E-state index in [0.29, 0.717) is 11.1 Å². The number of carbonyl (C=O) groups excluding carboxylic acids is 2. The Morgan fingerprint density at radius 1 is 0.654 bits per heavy atom. The third kappa shape index (κ3) is 4.30. The Bertz CT molecular complexity index is 895. The molecule has 0 spiro atoms. The number of rotatable bonds is 6. The maximum absolute atomic E-state index is 12.4. The van der Waals surface area contributed by atoms with Gasteiger partial charge in [-0.2, -0.15) is 0 Å². The molecule has 0 aliphatic heterocycles. The molecule has 130 valence electrons. The van der Waals surface area contributed by atoms with Gasteiger partial charge in [0.15, 0.2) is 11.6 Å². The Balaban J connectivity index is 1.70. The fourth-order valence-electron chi connectivity index (χ4n) is 2.59. The minimum absolute atomic E-state index is 0.00296. The van der Waals surface area contributed by atoms with E-state index in [-0.39, 0.29) is 17.5 Å². The summed E-state index contributed by atoms with van der Waals surface area (Å²) in [6.07, 6.45) is 0. The van der Waals surface area contributed by atoms with Crippen LogP contribution in [0, 0.1) is 5.92 Å². The van der Waals surface area contributed by atoms with Crippen LogP contribution in [0.15, 0.2) is 88.7 Å². The highest BCUT2D eigenvalue weighted by atomic mass is 32.2. The van der Waals surface area contributed by atoms with Crippen LogP contribution in [-0.2, 0) is 0 Å². The van der Waals surface area contributed by atoms with Crippen LogP contribution in [-0.4, -0.2) is 11.6 Å². The summed E-state index contributed by atoms with van der Waals surface area (Å²) in [5, 5.41) is 0. The fourth-order valence-corrected chi connectivity index (χ4v) is 3.40. The van der Waals surface area contributed by atoms with E-state index in [1.54, 1.807) is 11.8 Å². The van der Waals surface area contributed by atoms with Crippen molar-refractivity contribution < 1.29 is 9.59 Å². The lowest BCUT2D eigenvalue weighted by atomic mass is 10.0. The van der Waals surface area contributed by atoms with Gasteiger partial charge in [-0.05, 0) is 36.4 Å². The summed E-state index contributed by atoms with van der Waals surface area (Å²) in [4.78, 5) is 26.5. The van der Waals surface area contributed by atoms with E-state index >= 15 is 0 Å². The van der Waals surface area contributed by atoms with Gasteiger partial charge in [-0.15, -0.1) is 0 Å². The van der Waals surface area contributed by atoms with Crippen LogP contribution in [0.3, 0.4) is 0 Å². The van der Waals surface area contributed by atoms with Crippen LogP contribution in [0.25, 0.3) is 0 Å². The van der Waals surface area contributed by atoms with Crippen molar-refractivity contribution in [3.8, 4) is 0 Å². The van der Waals surface area contributed by atoms with E-state index in [2.05, 4.69) is 0 Å². The molecule has 0 fully saturated rings. The van der Waals surface area contributed by atoms with Crippen LogP contribution in [0.1, 0.15) is 40.1 Å². The van der Waals surface area contributed by atoms with E-state index in [1.807, 2.05) is 92.7 Å². The number of ketones is 2. The first-order chi connectivity index (χ1) is 12.5. The molecule has 3 heteroatoms. The van der Waals surface area contributed by atoms with Crippen LogP contribution < -0.4 is 0 Å². The highest BCUT2D eigenvalue weighted by Crippen LogP contribution is 2.28. The summed E-state index contributed by atoms with van der Waals surface area (Å²) in [6, 6.07) is 24.6. The average Bonchev–Trinajstić information content (AvgIpc) is 2.68. The molecule has 3 aromatic carbocycles. The summed E-state index contributed by atoms with van der Waals surface area (Å²) in [5.41, 5.74) is 2.12. The number of hydrogen-bond donors (Lipinski definition) is 0. The Hall–Kier alpha value is -2.65. The zero-order valence-corrected chi connectivity index (χ0v) is 15.6. The second-order valence-corrected chi connectivity index (χ2v) is 7.51. The van der Waals surface area contributed by atoms with Gasteiger partial charge in [-0.25, -0.2) is 0 Å². The number of Topliss-reactive ketones (excluding diaryl/α,β-unsaturated/α-hetero) is 1. The van der Waals surface area contributed by atoms with Gasteiger partial charge in [0.05, 0.1) is 0 Å². The summed E-state index contributed by atoms with van der Waals surface area (Å²) < 4.78 is 0. The molecule has 26 heavy (non-hydrogen) atoms. The maximum Gasteiger partial charge on any atom is 0.193 e. The van der Waals surface area contributed by atoms with Crippen molar-refractivity contribution in [1.29, 1.82) is 0 Å². The number of carbonyl (C=O) groups is 2. The topological polar surface area (TPSA) is 34.1 Å². The van der Waals surface area contributed by atoms with E-state index in [4.69, 9.17) is 0 Å². The highest BCUT2D eigenvalue weighted by molar-refractivity contribution is 7.99. The molecule has 0 bridgehead atoms. The van der Waals surface area contributed by atoms with Crippen molar-refractivity contribution in [3.63, 3.8) is 0 Å². The summed E-state index contributed by atoms with van der Waals surface area (Å²) >= 11 is 1.61. The quantitative estimate of drug-likeness (QED) is 0.513. The smallest absolute Gasteiger partial charge is 0.193 e. The fraction of sp³-hybridized carbons (Fsp3) is 0.130. The van der Waals surface area contributed by atoms with Crippen molar-refractivity contribution >= 4 is 23.3 Å². The summed E-state index contributed by atoms with van der Waals surface area (Å²) in [7, 11) is 0. The predicted molar refractivity (Wildman–Crippen MR) is 106 cm³/mol. The third-order valence-electron chi connectivity index (χ3n) is 4.05. The first-order valence-corrected chi connectivity index (χ1v) is 9.38. The summed E-state index contributed by atoms with van der Waals surface area (Å²) in [5.74, 6) is 0.187. The largest absolute Gasteiger partial charge is 0.294 e. The predicted octanol–water partition coefficient (Wildman–Crippen LogP) is 5.91. The second-order valence-electron chi connectivity index (χ2n) is 6.36. The van der Waals surface area contributed by atoms with Crippen molar-refractivity contribution in [2.45, 2.75) is 23.6 Å². The van der Waals surface area contributed by atoms with E-state index in [1.165, 1.54) is 0 Å². The molecule has 0 amide bonds. The van der Waals surface area contributed by atoms with Gasteiger partial charge >= 0.3 is 0 Å². The van der Waals surface area contributed by atoms with Gasteiger partial charge in [-0.3, -0.25) is 9.59 Å². The maximum atomic E-state index is 12.4. The normalized spacial score (nSPS) is 10.7. The first kappa shape index (κ1) is 18.2. The van der Waals surface area contributed by atoms with Crippen molar-refractivity contribution in [2.24, 2.45) is 5.92 Å². The van der Waals surface area contributed by atoms with E-state index in [0.717, 1.165) is 15.4 Å². The molecule has 0 N–H and O–H groups in total. The van der Waals surface area contributed by atoms with Gasteiger partial charge in [0.1, 0.15) is 0 Å². The first-order valence-electron chi connectivity index (χ1n) is 8.56. The lowest BCUT2D eigenvalue weighted by Crippen LogP contribution is -2.06. The van der Waals surface area contributed by atoms with Crippen molar-refractivity contribution in [1.82, 2.24) is 0 Å². The van der Waals surface area contributed by atoms with Crippen LogP contribution in [0.2, 0.25) is 0 Å². The summed E-state index contributed by atoms with van der Waals surface area (Å²) in [6.45, 7) is 3.81. The van der Waals surface area contributed by atoms with Gasteiger partial charge in [-0.1, -0.05) is 68.1 Å². The Morgan fingerprint density at radius 2 is 1.12 bits per heavy atom. The zero-order chi connectivity index (χ0) is 18.5. The number of hydrogen-bond acceptors (Lipinski definition) is 3. The SMILES string of the molecule is CC(C)C(=O)c1ccc(Sc2ccc(C(=O)c3ccccc3)cc2)cc1. The van der Waals surface area contributed by atoms with Crippen molar-refractivity contribution in [3.05, 3.63) is 95.6 Å². The van der Waals surface area contributed by atoms with Gasteiger partial charge < -0.3 is 0 Å². The molecular weight excluding hydrogens is 340 g/mol. The monoisotopic (exact) mass is 360 g/mol. The number of benzene rings is 3. The molecule has 0 saturated carbocycles. The second kappa shape index (κ2) is 8.15. The lowest BCUT2D eigenvalue weighted by molar-refractivity contribution is 0.0939. The van der Waals surface area contributed by atoms with Gasteiger partial charge in [0.2, 0.25) is 0 Å². The molecule has 0 radical (unpaired) electrons. The van der Waals surface area contributed by atoms with Gasteiger partial charge in [0, 0.05) is 32.4 Å². The van der Waals surface area contributed by atoms with Gasteiger partial charge in [0.25, 0.3) is 0 Å². The molecule has 3 rings (SSSR count). The zero-order valence-electron chi connectivity index (χ0n) is 14.8. The standard InChI is InChI=1S/C23H20O2S/c1-16(2)22(24)18-8-12-20(13-9-18)26-21-14-10-19(11-15-21)23(25)17-6-4-3-5-7-17/h3-16H,1-2H3. The minimum Gasteiger partial charge on any atom is -0.294 e. The minimum atomic E-state index is 0.00296. The molecule has 3 aromatic rings. The molecular formula is C23H20O2S. The molecule has 0 saturated heterocycles. The molecule has 0 heterocycles. The highest BCUT2D eigenvalue weighted by Gasteiger charge is 2.11. The lowest BCUT2D eigenvalue weighted by Gasteiger charge is -2.07. The average molecular weight is 360 g/mol. The van der Waals surface area contributed by atoms with Crippen LogP contribution in [0.4, 0.5) is 0 Å². The van der Waals surface area contributed by atoms with E-state index in [9.17, 15) is 9.59 Å². The van der Waals surface area contributed by atoms with Crippen LogP contribution >= 0.6 is 11.8 Å². The molecule has 0 aliphatic carbocycles. The Labute approximate surface area is 158 Å². The van der Waals surface area contributed by atoms with Crippen LogP contribution in [0.5, 0.6) is 0 Å². The Morgan fingerprint density at radius 3 is 1.62 bits per heavy atom. The molecule has 0 aromatic heterocycles. The molecule has 2 nitrogen and oxygen atoms in total. The molecule has 0 unspecified atom stereocenters. The third-order valence-corrected chi connectivity index (χ3v) is 5.07. The Kier molecular flexibility index (Phi) is 5.69. The van der Waals surface area contributed by atoms with Crippen molar-refractivity contribution in [2.75, 3.05) is 0 Å². The van der Waals surface area contributed by atoms with E-state index < -0.39 is 0 Å². The molecule has 0 aliphatic rings. The molecule has 0 atom stereocenters.